The number of aromatic nitrogens is 2. The Morgan fingerprint density at radius 1 is 1.25 bits per heavy atom. The Labute approximate surface area is 96.6 Å². The Morgan fingerprint density at radius 2 is 2.06 bits per heavy atom. The van der Waals surface area contributed by atoms with Gasteiger partial charge in [0.05, 0.1) is 11.4 Å². The van der Waals surface area contributed by atoms with E-state index in [1.165, 1.54) is 43.7 Å². The highest BCUT2D eigenvalue weighted by atomic mass is 15.3. The van der Waals surface area contributed by atoms with Gasteiger partial charge in [0.2, 0.25) is 0 Å². The van der Waals surface area contributed by atoms with Crippen molar-refractivity contribution in [3.63, 3.8) is 0 Å². The van der Waals surface area contributed by atoms with Gasteiger partial charge in [0.15, 0.2) is 0 Å². The SMILES string of the molecule is Cn1nc2c(c1CN1CCNCC1)CCC2. The molecule has 0 aromatic carbocycles. The number of hydrogen-bond donors (Lipinski definition) is 1. The maximum absolute atomic E-state index is 4.63. The molecule has 16 heavy (non-hydrogen) atoms. The van der Waals surface area contributed by atoms with Gasteiger partial charge in [0.25, 0.3) is 0 Å². The maximum Gasteiger partial charge on any atom is 0.0660 e. The van der Waals surface area contributed by atoms with Gasteiger partial charge in [-0.2, -0.15) is 5.10 Å². The van der Waals surface area contributed by atoms with Crippen LogP contribution < -0.4 is 5.32 Å². The third-order valence-corrected chi connectivity index (χ3v) is 3.78. The van der Waals surface area contributed by atoms with E-state index in [1.807, 2.05) is 0 Å². The summed E-state index contributed by atoms with van der Waals surface area (Å²) in [5, 5.41) is 8.03. The summed E-state index contributed by atoms with van der Waals surface area (Å²) in [7, 11) is 2.09. The molecule has 1 fully saturated rings. The Balaban J connectivity index is 1.78. The predicted octanol–water partition coefficient (Wildman–Crippen LogP) is 0.314. The van der Waals surface area contributed by atoms with E-state index in [9.17, 15) is 0 Å². The summed E-state index contributed by atoms with van der Waals surface area (Å²) in [5.74, 6) is 0. The van der Waals surface area contributed by atoms with Crippen LogP contribution in [0.2, 0.25) is 0 Å². The summed E-state index contributed by atoms with van der Waals surface area (Å²) in [6.07, 6.45) is 3.72. The zero-order valence-corrected chi connectivity index (χ0v) is 10.00. The van der Waals surface area contributed by atoms with Gasteiger partial charge in [-0.05, 0) is 24.8 Å². The van der Waals surface area contributed by atoms with Crippen LogP contribution in [0.3, 0.4) is 0 Å². The van der Waals surface area contributed by atoms with Gasteiger partial charge in [0.1, 0.15) is 0 Å². The van der Waals surface area contributed by atoms with Gasteiger partial charge >= 0.3 is 0 Å². The van der Waals surface area contributed by atoms with Crippen LogP contribution in [0.15, 0.2) is 0 Å². The standard InChI is InChI=1S/C12H20N4/c1-15-12(9-16-7-5-13-6-8-16)10-3-2-4-11(10)14-15/h13H,2-9H2,1H3. The molecular formula is C12H20N4. The van der Waals surface area contributed by atoms with Crippen LogP contribution in [0.5, 0.6) is 0 Å². The molecule has 1 aliphatic heterocycles. The van der Waals surface area contributed by atoms with Gasteiger partial charge in [-0.25, -0.2) is 0 Å². The fourth-order valence-corrected chi connectivity index (χ4v) is 2.86. The van der Waals surface area contributed by atoms with Gasteiger partial charge in [-0.1, -0.05) is 0 Å². The monoisotopic (exact) mass is 220 g/mol. The van der Waals surface area contributed by atoms with Crippen LogP contribution in [0.1, 0.15) is 23.4 Å². The maximum atomic E-state index is 4.63. The highest BCUT2D eigenvalue weighted by Gasteiger charge is 2.22. The van der Waals surface area contributed by atoms with Crippen molar-refractivity contribution in [2.24, 2.45) is 7.05 Å². The fraction of sp³-hybridized carbons (Fsp3) is 0.750. The summed E-state index contributed by atoms with van der Waals surface area (Å²) >= 11 is 0. The van der Waals surface area contributed by atoms with Crippen LogP contribution in [-0.2, 0) is 26.4 Å². The molecule has 0 spiro atoms. The van der Waals surface area contributed by atoms with Crippen LogP contribution in [0.4, 0.5) is 0 Å². The number of fused-ring (bicyclic) bond motifs is 1. The molecule has 0 radical (unpaired) electrons. The molecule has 0 atom stereocenters. The second-order valence-electron chi connectivity index (χ2n) is 4.88. The van der Waals surface area contributed by atoms with Gasteiger partial charge in [-0.3, -0.25) is 9.58 Å². The van der Waals surface area contributed by atoms with Crippen molar-refractivity contribution in [3.05, 3.63) is 17.0 Å². The first-order chi connectivity index (χ1) is 7.84. The number of aryl methyl sites for hydroxylation is 2. The molecule has 1 aliphatic carbocycles. The van der Waals surface area contributed by atoms with Crippen molar-refractivity contribution in [3.8, 4) is 0 Å². The molecule has 0 amide bonds. The second-order valence-corrected chi connectivity index (χ2v) is 4.88. The smallest absolute Gasteiger partial charge is 0.0660 e. The zero-order chi connectivity index (χ0) is 11.0. The summed E-state index contributed by atoms with van der Waals surface area (Å²) in [6, 6.07) is 0. The van der Waals surface area contributed by atoms with Crippen LogP contribution in [0, 0.1) is 0 Å². The van der Waals surface area contributed by atoms with Crippen molar-refractivity contribution in [2.45, 2.75) is 25.8 Å². The van der Waals surface area contributed by atoms with Gasteiger partial charge < -0.3 is 5.32 Å². The molecule has 0 saturated carbocycles. The Bertz CT molecular complexity index is 377. The molecule has 1 N–H and O–H groups in total. The van der Waals surface area contributed by atoms with Crippen molar-refractivity contribution < 1.29 is 0 Å². The second kappa shape index (κ2) is 4.18. The summed E-state index contributed by atoms with van der Waals surface area (Å²) in [4.78, 5) is 2.53. The lowest BCUT2D eigenvalue weighted by atomic mass is 10.2. The molecule has 4 nitrogen and oxygen atoms in total. The van der Waals surface area contributed by atoms with Gasteiger partial charge in [0, 0.05) is 39.8 Å². The lowest BCUT2D eigenvalue weighted by Gasteiger charge is -2.27. The van der Waals surface area contributed by atoms with E-state index in [2.05, 4.69) is 27.0 Å². The summed E-state index contributed by atoms with van der Waals surface area (Å²) < 4.78 is 2.10. The van der Waals surface area contributed by atoms with Crippen LogP contribution in [-0.4, -0.2) is 40.9 Å². The third kappa shape index (κ3) is 1.76. The number of hydrogen-bond acceptors (Lipinski definition) is 3. The molecular weight excluding hydrogens is 200 g/mol. The number of nitrogens with zero attached hydrogens (tertiary/aromatic N) is 3. The first kappa shape index (κ1) is 10.3. The highest BCUT2D eigenvalue weighted by molar-refractivity contribution is 5.30. The summed E-state index contributed by atoms with van der Waals surface area (Å²) in [6.45, 7) is 5.67. The lowest BCUT2D eigenvalue weighted by Crippen LogP contribution is -2.43. The van der Waals surface area contributed by atoms with E-state index in [1.54, 1.807) is 5.56 Å². The van der Waals surface area contributed by atoms with E-state index >= 15 is 0 Å². The molecule has 3 rings (SSSR count). The zero-order valence-electron chi connectivity index (χ0n) is 10.00. The molecule has 4 heteroatoms. The van der Waals surface area contributed by atoms with Crippen LogP contribution in [0.25, 0.3) is 0 Å². The molecule has 88 valence electrons. The average Bonchev–Trinajstić information content (AvgIpc) is 2.84. The minimum atomic E-state index is 1.08. The van der Waals surface area contributed by atoms with Crippen molar-refractivity contribution in [1.82, 2.24) is 20.0 Å². The molecule has 2 heterocycles. The lowest BCUT2D eigenvalue weighted by molar-refractivity contribution is 0.227. The van der Waals surface area contributed by atoms with Crippen LogP contribution >= 0.6 is 0 Å². The predicted molar refractivity (Wildman–Crippen MR) is 63.4 cm³/mol. The third-order valence-electron chi connectivity index (χ3n) is 3.78. The molecule has 0 unspecified atom stereocenters. The molecule has 0 bridgehead atoms. The van der Waals surface area contributed by atoms with E-state index < -0.39 is 0 Å². The Kier molecular flexibility index (Phi) is 2.69. The average molecular weight is 220 g/mol. The van der Waals surface area contributed by atoms with Crippen molar-refractivity contribution in [2.75, 3.05) is 26.2 Å². The topological polar surface area (TPSA) is 33.1 Å². The number of rotatable bonds is 2. The normalized spacial score (nSPS) is 21.3. The first-order valence-electron chi connectivity index (χ1n) is 6.31. The summed E-state index contributed by atoms with van der Waals surface area (Å²) in [5.41, 5.74) is 4.35. The Hall–Kier alpha value is -0.870. The van der Waals surface area contributed by atoms with E-state index in [4.69, 9.17) is 0 Å². The Morgan fingerprint density at radius 3 is 2.88 bits per heavy atom. The number of nitrogens with one attached hydrogen (secondary N) is 1. The number of piperazine rings is 1. The minimum absolute atomic E-state index is 1.08. The largest absolute Gasteiger partial charge is 0.314 e. The molecule has 1 aromatic rings. The van der Waals surface area contributed by atoms with Crippen molar-refractivity contribution in [1.29, 1.82) is 0 Å². The fourth-order valence-electron chi connectivity index (χ4n) is 2.86. The highest BCUT2D eigenvalue weighted by Crippen LogP contribution is 2.25. The first-order valence-corrected chi connectivity index (χ1v) is 6.31. The molecule has 1 saturated heterocycles. The molecule has 1 aromatic heterocycles. The van der Waals surface area contributed by atoms with Gasteiger partial charge in [-0.15, -0.1) is 0 Å². The van der Waals surface area contributed by atoms with E-state index in [-0.39, 0.29) is 0 Å². The quantitative estimate of drug-likeness (QED) is 0.779. The molecule has 2 aliphatic rings. The minimum Gasteiger partial charge on any atom is -0.314 e. The van der Waals surface area contributed by atoms with E-state index in [0.29, 0.717) is 0 Å². The van der Waals surface area contributed by atoms with Crippen molar-refractivity contribution >= 4 is 0 Å². The van der Waals surface area contributed by atoms with E-state index in [0.717, 1.165) is 19.6 Å².